The lowest BCUT2D eigenvalue weighted by molar-refractivity contribution is 0.0955. The first-order valence-corrected chi connectivity index (χ1v) is 6.05. The van der Waals surface area contributed by atoms with E-state index in [1.54, 1.807) is 30.3 Å². The Labute approximate surface area is 120 Å². The number of phenols is 2. The van der Waals surface area contributed by atoms with Crippen LogP contribution in [0.5, 0.6) is 11.5 Å². The lowest BCUT2D eigenvalue weighted by atomic mass is 10.2. The van der Waals surface area contributed by atoms with E-state index in [-0.39, 0.29) is 11.5 Å². The highest BCUT2D eigenvalue weighted by Crippen LogP contribution is 2.23. The minimum atomic E-state index is -0.435. The molecule has 5 nitrogen and oxygen atoms in total. The van der Waals surface area contributed by atoms with E-state index in [0.717, 1.165) is 0 Å². The Balaban J connectivity index is 2.05. The number of hydrogen-bond acceptors (Lipinski definition) is 4. The summed E-state index contributed by atoms with van der Waals surface area (Å²) in [4.78, 5) is 11.8. The van der Waals surface area contributed by atoms with Gasteiger partial charge in [0.15, 0.2) is 11.5 Å². The van der Waals surface area contributed by atoms with Crippen LogP contribution in [0.1, 0.15) is 15.9 Å². The minimum Gasteiger partial charge on any atom is -0.504 e. The number of halogens is 1. The molecule has 20 heavy (non-hydrogen) atoms. The van der Waals surface area contributed by atoms with Crippen LogP contribution in [-0.2, 0) is 0 Å². The summed E-state index contributed by atoms with van der Waals surface area (Å²) in [6.07, 6.45) is 1.34. The lowest BCUT2D eigenvalue weighted by Crippen LogP contribution is -2.17. The van der Waals surface area contributed by atoms with Gasteiger partial charge in [-0.2, -0.15) is 5.10 Å². The maximum absolute atomic E-state index is 11.8. The summed E-state index contributed by atoms with van der Waals surface area (Å²) in [5.41, 5.74) is 3.17. The fourth-order valence-corrected chi connectivity index (χ4v) is 1.71. The summed E-state index contributed by atoms with van der Waals surface area (Å²) >= 11 is 5.88. The Bertz CT molecular complexity index is 671. The van der Waals surface area contributed by atoms with Gasteiger partial charge in [-0.3, -0.25) is 4.79 Å². The highest BCUT2D eigenvalue weighted by atomic mass is 35.5. The normalized spacial score (nSPS) is 10.7. The molecule has 3 N–H and O–H groups in total. The zero-order valence-electron chi connectivity index (χ0n) is 10.2. The first-order chi connectivity index (χ1) is 9.58. The molecule has 0 atom stereocenters. The number of carbonyl (C=O) groups is 1. The summed E-state index contributed by atoms with van der Waals surface area (Å²) in [5, 5.41) is 22.6. The van der Waals surface area contributed by atoms with Crippen molar-refractivity contribution in [1.82, 2.24) is 5.43 Å². The number of hydrogen-bond donors (Lipinski definition) is 3. The Morgan fingerprint density at radius 3 is 2.60 bits per heavy atom. The first kappa shape index (κ1) is 13.9. The molecule has 102 valence electrons. The number of amides is 1. The van der Waals surface area contributed by atoms with Gasteiger partial charge in [-0.15, -0.1) is 0 Å². The smallest absolute Gasteiger partial charge is 0.272 e. The van der Waals surface area contributed by atoms with E-state index in [9.17, 15) is 9.90 Å². The molecular formula is C14H11ClN2O3. The van der Waals surface area contributed by atoms with Crippen molar-refractivity contribution in [2.24, 2.45) is 5.10 Å². The quantitative estimate of drug-likeness (QED) is 0.461. The Morgan fingerprint density at radius 2 is 1.90 bits per heavy atom. The molecule has 6 heteroatoms. The second-order valence-electron chi connectivity index (χ2n) is 3.93. The van der Waals surface area contributed by atoms with E-state index < -0.39 is 5.91 Å². The van der Waals surface area contributed by atoms with Crippen LogP contribution in [0.4, 0.5) is 0 Å². The molecule has 2 aromatic rings. The number of phenolic OH excluding ortho intramolecular Hbond substituents is 2. The first-order valence-electron chi connectivity index (χ1n) is 5.68. The third kappa shape index (κ3) is 3.27. The Hall–Kier alpha value is -2.53. The van der Waals surface area contributed by atoms with E-state index in [0.29, 0.717) is 16.1 Å². The largest absolute Gasteiger partial charge is 0.504 e. The maximum atomic E-state index is 11.8. The predicted molar refractivity (Wildman–Crippen MR) is 76.3 cm³/mol. The van der Waals surface area contributed by atoms with Gasteiger partial charge in [0, 0.05) is 0 Å². The number of nitrogens with one attached hydrogen (secondary N) is 1. The summed E-state index contributed by atoms with van der Waals surface area (Å²) < 4.78 is 0. The topological polar surface area (TPSA) is 81.9 Å². The van der Waals surface area contributed by atoms with Crippen molar-refractivity contribution in [2.75, 3.05) is 0 Å². The summed E-state index contributed by atoms with van der Waals surface area (Å²) in [7, 11) is 0. The third-order valence-electron chi connectivity index (χ3n) is 2.50. The van der Waals surface area contributed by atoms with Crippen LogP contribution in [0.15, 0.2) is 47.6 Å². The van der Waals surface area contributed by atoms with E-state index in [1.807, 2.05) is 0 Å². The number of rotatable bonds is 3. The van der Waals surface area contributed by atoms with Crippen molar-refractivity contribution in [1.29, 1.82) is 0 Å². The Morgan fingerprint density at radius 1 is 1.15 bits per heavy atom. The van der Waals surface area contributed by atoms with Crippen LogP contribution in [0.2, 0.25) is 5.02 Å². The van der Waals surface area contributed by atoms with E-state index >= 15 is 0 Å². The second-order valence-corrected chi connectivity index (χ2v) is 4.33. The molecule has 0 spiro atoms. The zero-order chi connectivity index (χ0) is 14.5. The van der Waals surface area contributed by atoms with E-state index in [2.05, 4.69) is 10.5 Å². The number of carbonyl (C=O) groups excluding carboxylic acids is 1. The van der Waals surface area contributed by atoms with Gasteiger partial charge < -0.3 is 10.2 Å². The predicted octanol–water partition coefficient (Wildman–Crippen LogP) is 2.52. The van der Waals surface area contributed by atoms with Gasteiger partial charge >= 0.3 is 0 Å². The molecule has 0 aliphatic heterocycles. The SMILES string of the molecule is O=C(N/N=C/c1ccc(O)c(O)c1)c1ccccc1Cl. The van der Waals surface area contributed by atoms with Gasteiger partial charge in [-0.05, 0) is 35.9 Å². The molecule has 2 aromatic carbocycles. The molecule has 0 bridgehead atoms. The molecule has 0 heterocycles. The molecule has 0 saturated heterocycles. The van der Waals surface area contributed by atoms with Gasteiger partial charge in [0.25, 0.3) is 5.91 Å². The number of aromatic hydroxyl groups is 2. The van der Waals surface area contributed by atoms with Crippen molar-refractivity contribution in [2.45, 2.75) is 0 Å². The van der Waals surface area contributed by atoms with Crippen molar-refractivity contribution in [3.8, 4) is 11.5 Å². The molecule has 0 radical (unpaired) electrons. The van der Waals surface area contributed by atoms with E-state index in [1.165, 1.54) is 18.3 Å². The number of nitrogens with zero attached hydrogens (tertiary/aromatic N) is 1. The van der Waals surface area contributed by atoms with Gasteiger partial charge in [0.05, 0.1) is 16.8 Å². The second kappa shape index (κ2) is 6.08. The van der Waals surface area contributed by atoms with Gasteiger partial charge in [0.2, 0.25) is 0 Å². The monoisotopic (exact) mass is 290 g/mol. The molecule has 0 unspecified atom stereocenters. The maximum Gasteiger partial charge on any atom is 0.272 e. The van der Waals surface area contributed by atoms with E-state index in [4.69, 9.17) is 16.7 Å². The Kier molecular flexibility index (Phi) is 4.22. The van der Waals surface area contributed by atoms with Crippen molar-refractivity contribution in [3.63, 3.8) is 0 Å². The minimum absolute atomic E-state index is 0.220. The highest BCUT2D eigenvalue weighted by molar-refractivity contribution is 6.33. The fourth-order valence-electron chi connectivity index (χ4n) is 1.49. The molecule has 2 rings (SSSR count). The average Bonchev–Trinajstić information content (AvgIpc) is 2.43. The summed E-state index contributed by atoms with van der Waals surface area (Å²) in [5.74, 6) is -0.913. The molecule has 0 fully saturated rings. The third-order valence-corrected chi connectivity index (χ3v) is 2.83. The molecule has 0 aliphatic rings. The van der Waals surface area contributed by atoms with Crippen LogP contribution >= 0.6 is 11.6 Å². The molecular weight excluding hydrogens is 280 g/mol. The van der Waals surface area contributed by atoms with Crippen molar-refractivity contribution in [3.05, 3.63) is 58.6 Å². The zero-order valence-corrected chi connectivity index (χ0v) is 11.0. The number of benzene rings is 2. The summed E-state index contributed by atoms with van der Waals surface area (Å²) in [6, 6.07) is 10.8. The van der Waals surface area contributed by atoms with Crippen LogP contribution < -0.4 is 5.43 Å². The van der Waals surface area contributed by atoms with Gasteiger partial charge in [-0.1, -0.05) is 23.7 Å². The molecule has 0 saturated carbocycles. The molecule has 0 aliphatic carbocycles. The van der Waals surface area contributed by atoms with Crippen LogP contribution in [0, 0.1) is 0 Å². The summed E-state index contributed by atoms with van der Waals surface area (Å²) in [6.45, 7) is 0. The van der Waals surface area contributed by atoms with Gasteiger partial charge in [0.1, 0.15) is 0 Å². The lowest BCUT2D eigenvalue weighted by Gasteiger charge is -2.02. The van der Waals surface area contributed by atoms with Crippen molar-refractivity contribution < 1.29 is 15.0 Å². The molecule has 0 aromatic heterocycles. The molecule has 1 amide bonds. The highest BCUT2D eigenvalue weighted by Gasteiger charge is 2.07. The number of hydrazone groups is 1. The van der Waals surface area contributed by atoms with Crippen LogP contribution in [0.25, 0.3) is 0 Å². The van der Waals surface area contributed by atoms with Crippen LogP contribution in [0.3, 0.4) is 0 Å². The van der Waals surface area contributed by atoms with Gasteiger partial charge in [-0.25, -0.2) is 5.43 Å². The fraction of sp³-hybridized carbons (Fsp3) is 0. The van der Waals surface area contributed by atoms with Crippen molar-refractivity contribution >= 4 is 23.7 Å². The average molecular weight is 291 g/mol. The standard InChI is InChI=1S/C14H11ClN2O3/c15-11-4-2-1-3-10(11)14(20)17-16-8-9-5-6-12(18)13(19)7-9/h1-8,18-19H,(H,17,20)/b16-8+. The van der Waals surface area contributed by atoms with Crippen LogP contribution in [-0.4, -0.2) is 22.3 Å².